The molecule has 0 saturated carbocycles. The van der Waals surface area contributed by atoms with E-state index < -0.39 is 5.41 Å². The maximum atomic E-state index is 6.77. The van der Waals surface area contributed by atoms with Gasteiger partial charge in [0, 0.05) is 44.3 Å². The van der Waals surface area contributed by atoms with Gasteiger partial charge < -0.3 is 18.6 Å². The van der Waals surface area contributed by atoms with Crippen LogP contribution in [0.2, 0.25) is 0 Å². The second-order valence-corrected chi connectivity index (χ2v) is 22.4. The van der Waals surface area contributed by atoms with E-state index in [1.807, 2.05) is 12.1 Å². The standard InChI is InChI=1S/C75H54N2O2/c1-45(2)47-27-33-53(34-28-47)76(69-23-13-19-61-59-17-7-11-25-71(59)78-73(61)69)55-37-31-49-41-63-64-42-50-32-38-56(77(54-35-29-48(30-36-54)46(3)4)70-24-14-20-62-60-18-8-12-26-72(60)79-74(62)70)40-52(50)44-68(64)75(67(63)43-51(49)39-55)65-21-9-5-15-57(65)58-16-6-10-22-66(58)75/h5-46H,1-4H3. The Morgan fingerprint density at radius 2 is 0.696 bits per heavy atom. The Bertz CT molecular complexity index is 4500. The fourth-order valence-corrected chi connectivity index (χ4v) is 13.6. The Hall–Kier alpha value is -9.64. The third-order valence-corrected chi connectivity index (χ3v) is 17.4. The minimum absolute atomic E-state index is 0.414. The van der Waals surface area contributed by atoms with Gasteiger partial charge in [-0.3, -0.25) is 0 Å². The summed E-state index contributed by atoms with van der Waals surface area (Å²) in [6.45, 7) is 9.01. The van der Waals surface area contributed by atoms with Crippen molar-refractivity contribution in [1.29, 1.82) is 0 Å². The Kier molecular flexibility index (Phi) is 9.91. The zero-order valence-corrected chi connectivity index (χ0v) is 44.5. The first kappa shape index (κ1) is 45.5. The molecule has 0 aliphatic heterocycles. The molecular formula is C75H54N2O2. The second-order valence-electron chi connectivity index (χ2n) is 22.4. The van der Waals surface area contributed by atoms with E-state index in [2.05, 4.69) is 268 Å². The van der Waals surface area contributed by atoms with E-state index in [1.165, 1.54) is 77.2 Å². The van der Waals surface area contributed by atoms with Crippen LogP contribution in [-0.4, -0.2) is 0 Å². The third kappa shape index (κ3) is 6.68. The van der Waals surface area contributed by atoms with Crippen LogP contribution < -0.4 is 9.80 Å². The largest absolute Gasteiger partial charge is 0.454 e. The van der Waals surface area contributed by atoms with Crippen LogP contribution in [0.25, 0.3) is 87.7 Å². The first-order chi connectivity index (χ1) is 38.8. The van der Waals surface area contributed by atoms with Crippen molar-refractivity contribution in [2.45, 2.75) is 44.9 Å². The number of furan rings is 2. The molecule has 4 nitrogen and oxygen atoms in total. The molecule has 79 heavy (non-hydrogen) atoms. The summed E-state index contributed by atoms with van der Waals surface area (Å²) in [5, 5.41) is 9.17. The van der Waals surface area contributed by atoms with Crippen molar-refractivity contribution in [3.8, 4) is 22.3 Å². The van der Waals surface area contributed by atoms with Gasteiger partial charge in [0.05, 0.1) is 16.8 Å². The maximum Gasteiger partial charge on any atom is 0.159 e. The van der Waals surface area contributed by atoms with Crippen LogP contribution in [0.15, 0.2) is 251 Å². The first-order valence-electron chi connectivity index (χ1n) is 27.8. The summed E-state index contributed by atoms with van der Waals surface area (Å²) in [6.07, 6.45) is 0. The first-order valence-corrected chi connectivity index (χ1v) is 27.8. The molecule has 0 fully saturated rings. The SMILES string of the molecule is CC(C)c1ccc(N(c2ccc3cc4c(cc3c2)C2(c3ccccc3-c3ccccc32)c2cc3cc(N(c5ccc(C(C)C)cc5)c5cccc6c5oc5ccccc56)ccc3cc2-4)c2cccc3c2oc2ccccc23)cc1. The molecule has 14 aromatic rings. The number of fused-ring (bicyclic) bond motifs is 18. The fourth-order valence-electron chi connectivity index (χ4n) is 13.6. The summed E-state index contributed by atoms with van der Waals surface area (Å²) in [5.74, 6) is 0.828. The summed E-state index contributed by atoms with van der Waals surface area (Å²) >= 11 is 0. The van der Waals surface area contributed by atoms with Crippen molar-refractivity contribution in [3.05, 3.63) is 276 Å². The lowest BCUT2D eigenvalue weighted by atomic mass is 9.70. The van der Waals surface area contributed by atoms with E-state index in [9.17, 15) is 0 Å². The van der Waals surface area contributed by atoms with Gasteiger partial charge in [0.15, 0.2) is 11.2 Å². The Morgan fingerprint density at radius 1 is 0.304 bits per heavy atom. The van der Waals surface area contributed by atoms with Crippen LogP contribution in [0, 0.1) is 0 Å². The molecule has 1 spiro atoms. The minimum Gasteiger partial charge on any atom is -0.454 e. The van der Waals surface area contributed by atoms with E-state index in [0.29, 0.717) is 11.8 Å². The van der Waals surface area contributed by atoms with Crippen molar-refractivity contribution in [3.63, 3.8) is 0 Å². The van der Waals surface area contributed by atoms with Gasteiger partial charge in [-0.2, -0.15) is 0 Å². The van der Waals surface area contributed by atoms with E-state index >= 15 is 0 Å². The van der Waals surface area contributed by atoms with Gasteiger partial charge in [-0.15, -0.1) is 0 Å². The highest BCUT2D eigenvalue weighted by atomic mass is 16.3. The van der Waals surface area contributed by atoms with E-state index in [1.54, 1.807) is 0 Å². The molecular weight excluding hydrogens is 961 g/mol. The normalized spacial score (nSPS) is 13.1. The van der Waals surface area contributed by atoms with Gasteiger partial charge in [-0.05, 0) is 186 Å². The number of rotatable bonds is 8. The fraction of sp³-hybridized carbons (Fsp3) is 0.0933. The summed E-state index contributed by atoms with van der Waals surface area (Å²) in [5.41, 5.74) is 22.1. The molecule has 0 unspecified atom stereocenters. The molecule has 0 N–H and O–H groups in total. The molecule has 0 amide bonds. The number of hydrogen-bond donors (Lipinski definition) is 0. The van der Waals surface area contributed by atoms with Crippen molar-refractivity contribution >= 4 is 99.5 Å². The number of benzene rings is 12. The van der Waals surface area contributed by atoms with Gasteiger partial charge >= 0.3 is 0 Å². The van der Waals surface area contributed by atoms with Gasteiger partial charge in [-0.25, -0.2) is 0 Å². The number of nitrogens with zero attached hydrogens (tertiary/aromatic N) is 2. The van der Waals surface area contributed by atoms with Gasteiger partial charge in [0.2, 0.25) is 0 Å². The summed E-state index contributed by atoms with van der Waals surface area (Å²) < 4.78 is 13.5. The van der Waals surface area contributed by atoms with Gasteiger partial charge in [0.1, 0.15) is 11.2 Å². The molecule has 2 heterocycles. The Morgan fingerprint density at radius 3 is 1.14 bits per heavy atom. The lowest BCUT2D eigenvalue weighted by Gasteiger charge is -2.31. The molecule has 2 aliphatic carbocycles. The molecule has 0 atom stereocenters. The number of anilines is 6. The Balaban J connectivity index is 0.912. The Labute approximate surface area is 459 Å². The average molecular weight is 1020 g/mol. The van der Waals surface area contributed by atoms with Crippen molar-refractivity contribution in [2.24, 2.45) is 0 Å². The molecule has 0 radical (unpaired) electrons. The third-order valence-electron chi connectivity index (χ3n) is 17.4. The monoisotopic (exact) mass is 1010 g/mol. The van der Waals surface area contributed by atoms with Crippen LogP contribution in [0.3, 0.4) is 0 Å². The highest BCUT2D eigenvalue weighted by molar-refractivity contribution is 6.12. The molecule has 376 valence electrons. The molecule has 0 bridgehead atoms. The molecule has 2 aromatic heterocycles. The zero-order valence-electron chi connectivity index (χ0n) is 44.5. The van der Waals surface area contributed by atoms with E-state index in [-0.39, 0.29) is 0 Å². The van der Waals surface area contributed by atoms with Crippen molar-refractivity contribution in [2.75, 3.05) is 9.80 Å². The number of para-hydroxylation sites is 4. The topological polar surface area (TPSA) is 32.8 Å². The molecule has 0 saturated heterocycles. The smallest absolute Gasteiger partial charge is 0.159 e. The van der Waals surface area contributed by atoms with Crippen LogP contribution in [0.1, 0.15) is 72.9 Å². The summed E-state index contributed by atoms with van der Waals surface area (Å²) in [6, 6.07) is 90.1. The molecule has 12 aromatic carbocycles. The van der Waals surface area contributed by atoms with E-state index in [0.717, 1.165) is 78.0 Å². The van der Waals surface area contributed by atoms with Crippen molar-refractivity contribution in [1.82, 2.24) is 0 Å². The highest BCUT2D eigenvalue weighted by Crippen LogP contribution is 2.64. The zero-order chi connectivity index (χ0) is 52.7. The highest BCUT2D eigenvalue weighted by Gasteiger charge is 2.52. The molecule has 16 rings (SSSR count). The van der Waals surface area contributed by atoms with Crippen LogP contribution in [0.5, 0.6) is 0 Å². The second kappa shape index (κ2) is 17.2. The lowest BCUT2D eigenvalue weighted by Crippen LogP contribution is -2.25. The minimum atomic E-state index is -0.579. The summed E-state index contributed by atoms with van der Waals surface area (Å²) in [7, 11) is 0. The molecule has 4 heteroatoms. The summed E-state index contributed by atoms with van der Waals surface area (Å²) in [4.78, 5) is 4.76. The van der Waals surface area contributed by atoms with Gasteiger partial charge in [0.25, 0.3) is 0 Å². The molecule has 2 aliphatic rings. The lowest BCUT2D eigenvalue weighted by molar-refractivity contribution is 0.668. The van der Waals surface area contributed by atoms with Crippen LogP contribution in [-0.2, 0) is 5.41 Å². The van der Waals surface area contributed by atoms with Crippen LogP contribution in [0.4, 0.5) is 34.1 Å². The van der Waals surface area contributed by atoms with Crippen LogP contribution >= 0.6 is 0 Å². The van der Waals surface area contributed by atoms with Crippen molar-refractivity contribution < 1.29 is 8.83 Å². The predicted octanol–water partition coefficient (Wildman–Crippen LogP) is 21.3. The number of hydrogen-bond acceptors (Lipinski definition) is 4. The predicted molar refractivity (Wildman–Crippen MR) is 330 cm³/mol. The average Bonchev–Trinajstić information content (AvgIpc) is 3.70. The van der Waals surface area contributed by atoms with E-state index in [4.69, 9.17) is 8.83 Å². The quantitative estimate of drug-likeness (QED) is 0.152. The van der Waals surface area contributed by atoms with Gasteiger partial charge in [-0.1, -0.05) is 173 Å². The maximum absolute atomic E-state index is 6.77.